The van der Waals surface area contributed by atoms with Crippen molar-refractivity contribution in [2.24, 2.45) is 0 Å². The monoisotopic (exact) mass is 337 g/mol. The molecule has 126 valence electrons. The molecule has 25 heavy (non-hydrogen) atoms. The van der Waals surface area contributed by atoms with Crippen molar-refractivity contribution >= 4 is 11.0 Å². The molecule has 0 aliphatic rings. The van der Waals surface area contributed by atoms with Crippen molar-refractivity contribution < 1.29 is 9.13 Å². The first-order chi connectivity index (χ1) is 12.2. The molecule has 0 aliphatic carbocycles. The average molecular weight is 337 g/mol. The Bertz CT molecular complexity index is 1020. The molecule has 0 spiro atoms. The molecule has 2 aromatic heterocycles. The van der Waals surface area contributed by atoms with Crippen LogP contribution in [-0.2, 0) is 0 Å². The minimum absolute atomic E-state index is 0.0286. The second-order valence-electron chi connectivity index (χ2n) is 5.56. The van der Waals surface area contributed by atoms with Gasteiger partial charge in [0, 0.05) is 11.1 Å². The number of aromatic nitrogens is 4. The summed E-state index contributed by atoms with van der Waals surface area (Å²) >= 11 is 0. The van der Waals surface area contributed by atoms with Crippen molar-refractivity contribution in [3.63, 3.8) is 0 Å². The highest BCUT2D eigenvalue weighted by molar-refractivity contribution is 5.81. The van der Waals surface area contributed by atoms with E-state index in [1.807, 2.05) is 42.5 Å². The highest BCUT2D eigenvalue weighted by Gasteiger charge is 2.11. The molecule has 0 fully saturated rings. The number of alkyl halides is 1. The zero-order chi connectivity index (χ0) is 17.2. The predicted molar refractivity (Wildman–Crippen MR) is 94.4 cm³/mol. The molecule has 4 rings (SSSR count). The summed E-state index contributed by atoms with van der Waals surface area (Å²) in [7, 11) is 0. The van der Waals surface area contributed by atoms with Crippen LogP contribution in [0, 0.1) is 0 Å². The summed E-state index contributed by atoms with van der Waals surface area (Å²) in [5, 5.41) is 4.40. The number of benzene rings is 2. The molecule has 7 heteroatoms. The summed E-state index contributed by atoms with van der Waals surface area (Å²) in [5.74, 6) is 6.63. The molecule has 0 bridgehead atoms. The van der Waals surface area contributed by atoms with Gasteiger partial charge in [-0.2, -0.15) is 9.89 Å². The maximum Gasteiger partial charge on any atom is 0.123 e. The Labute approximate surface area is 143 Å². The minimum Gasteiger partial charge on any atom is -0.491 e. The normalized spacial score (nSPS) is 11.1. The largest absolute Gasteiger partial charge is 0.491 e. The summed E-state index contributed by atoms with van der Waals surface area (Å²) in [6.07, 6.45) is 1.66. The van der Waals surface area contributed by atoms with Gasteiger partial charge in [-0.05, 0) is 30.3 Å². The van der Waals surface area contributed by atoms with E-state index in [-0.39, 0.29) is 6.61 Å². The lowest BCUT2D eigenvalue weighted by Gasteiger charge is -2.06. The topological polar surface area (TPSA) is 81.8 Å². The standard InChI is InChI=1S/C18H16FN5O/c19-6-7-25-14-3-1-2-13(8-14)18-10-16(23-24(18)20)12-4-5-15-17(9-12)22-11-21-15/h1-5,8-11H,6-7,20H2,(H,21,22). The Kier molecular flexibility index (Phi) is 3.81. The molecule has 3 N–H and O–H groups in total. The van der Waals surface area contributed by atoms with Crippen LogP contribution < -0.4 is 10.6 Å². The molecule has 0 amide bonds. The van der Waals surface area contributed by atoms with Crippen molar-refractivity contribution in [3.8, 4) is 28.3 Å². The van der Waals surface area contributed by atoms with Gasteiger partial charge in [-0.1, -0.05) is 18.2 Å². The van der Waals surface area contributed by atoms with Gasteiger partial charge in [-0.25, -0.2) is 9.37 Å². The Morgan fingerprint density at radius 2 is 2.04 bits per heavy atom. The number of fused-ring (bicyclic) bond motifs is 1. The Morgan fingerprint density at radius 1 is 1.12 bits per heavy atom. The number of nitrogens with one attached hydrogen (secondary N) is 1. The van der Waals surface area contributed by atoms with Crippen LogP contribution in [0.3, 0.4) is 0 Å². The van der Waals surface area contributed by atoms with Crippen molar-refractivity contribution in [2.45, 2.75) is 0 Å². The van der Waals surface area contributed by atoms with Crippen LogP contribution in [0.5, 0.6) is 5.75 Å². The third-order valence-corrected chi connectivity index (χ3v) is 3.93. The summed E-state index contributed by atoms with van der Waals surface area (Å²) in [6, 6.07) is 15.1. The lowest BCUT2D eigenvalue weighted by atomic mass is 10.1. The van der Waals surface area contributed by atoms with E-state index in [4.69, 9.17) is 10.6 Å². The van der Waals surface area contributed by atoms with Crippen LogP contribution in [0.1, 0.15) is 0 Å². The molecule has 4 aromatic rings. The van der Waals surface area contributed by atoms with Gasteiger partial charge < -0.3 is 15.6 Å². The van der Waals surface area contributed by atoms with Gasteiger partial charge in [-0.3, -0.25) is 0 Å². The van der Waals surface area contributed by atoms with Crippen molar-refractivity contribution in [1.29, 1.82) is 0 Å². The van der Waals surface area contributed by atoms with Gasteiger partial charge in [-0.15, -0.1) is 0 Å². The van der Waals surface area contributed by atoms with Gasteiger partial charge in [0.25, 0.3) is 0 Å². The first-order valence-electron chi connectivity index (χ1n) is 7.82. The number of ether oxygens (including phenoxy) is 1. The molecule has 2 heterocycles. The van der Waals surface area contributed by atoms with Gasteiger partial charge in [0.15, 0.2) is 0 Å². The quantitative estimate of drug-likeness (QED) is 0.548. The fourth-order valence-electron chi connectivity index (χ4n) is 2.75. The SMILES string of the molecule is Nn1nc(-c2ccc3nc[nH]c3c2)cc1-c1cccc(OCCF)c1. The lowest BCUT2D eigenvalue weighted by molar-refractivity contribution is 0.273. The fraction of sp³-hybridized carbons (Fsp3) is 0.111. The van der Waals surface area contributed by atoms with E-state index in [0.717, 1.165) is 33.5 Å². The molecule has 2 aromatic carbocycles. The highest BCUT2D eigenvalue weighted by atomic mass is 19.1. The van der Waals surface area contributed by atoms with Gasteiger partial charge >= 0.3 is 0 Å². The number of nitrogen functional groups attached to an aromatic ring is 1. The number of aromatic amines is 1. The summed E-state index contributed by atoms with van der Waals surface area (Å²) < 4.78 is 17.6. The maximum atomic E-state index is 12.3. The average Bonchev–Trinajstić information content (AvgIpc) is 3.26. The number of H-pyrrole nitrogens is 1. The fourth-order valence-corrected chi connectivity index (χ4v) is 2.75. The van der Waals surface area contributed by atoms with E-state index in [1.54, 1.807) is 12.4 Å². The van der Waals surface area contributed by atoms with E-state index in [2.05, 4.69) is 15.1 Å². The van der Waals surface area contributed by atoms with Crippen molar-refractivity contribution in [3.05, 3.63) is 54.9 Å². The summed E-state index contributed by atoms with van der Waals surface area (Å²) in [5.41, 5.74) is 5.11. The molecular formula is C18H16FN5O. The van der Waals surface area contributed by atoms with Crippen LogP contribution in [0.15, 0.2) is 54.9 Å². The second kappa shape index (κ2) is 6.27. The van der Waals surface area contributed by atoms with Gasteiger partial charge in [0.1, 0.15) is 19.0 Å². The van der Waals surface area contributed by atoms with E-state index in [1.165, 1.54) is 4.79 Å². The van der Waals surface area contributed by atoms with E-state index in [0.29, 0.717) is 5.75 Å². The third-order valence-electron chi connectivity index (χ3n) is 3.93. The minimum atomic E-state index is -0.528. The van der Waals surface area contributed by atoms with Crippen LogP contribution in [0.2, 0.25) is 0 Å². The number of imidazole rings is 1. The number of hydrogen-bond donors (Lipinski definition) is 2. The smallest absolute Gasteiger partial charge is 0.123 e. The highest BCUT2D eigenvalue weighted by Crippen LogP contribution is 2.28. The van der Waals surface area contributed by atoms with E-state index in [9.17, 15) is 4.39 Å². The maximum absolute atomic E-state index is 12.3. The molecule has 0 atom stereocenters. The van der Waals surface area contributed by atoms with E-state index >= 15 is 0 Å². The number of nitrogens with two attached hydrogens (primary N) is 1. The lowest BCUT2D eigenvalue weighted by Crippen LogP contribution is -2.11. The van der Waals surface area contributed by atoms with Crippen LogP contribution in [0.25, 0.3) is 33.5 Å². The zero-order valence-corrected chi connectivity index (χ0v) is 13.3. The summed E-state index contributed by atoms with van der Waals surface area (Å²) in [6.45, 7) is -0.500. The molecule has 0 aliphatic heterocycles. The van der Waals surface area contributed by atoms with Crippen molar-refractivity contribution in [2.75, 3.05) is 19.1 Å². The van der Waals surface area contributed by atoms with Crippen LogP contribution in [0.4, 0.5) is 4.39 Å². The van der Waals surface area contributed by atoms with E-state index < -0.39 is 6.67 Å². The third kappa shape index (κ3) is 2.91. The molecule has 0 radical (unpaired) electrons. The first-order valence-corrected chi connectivity index (χ1v) is 7.82. The molecule has 6 nitrogen and oxygen atoms in total. The summed E-state index contributed by atoms with van der Waals surface area (Å²) in [4.78, 5) is 8.63. The number of rotatable bonds is 5. The molecule has 0 saturated carbocycles. The Balaban J connectivity index is 1.70. The number of hydrogen-bond acceptors (Lipinski definition) is 4. The van der Waals surface area contributed by atoms with Crippen LogP contribution >= 0.6 is 0 Å². The molecule has 0 unspecified atom stereocenters. The predicted octanol–water partition coefficient (Wildman–Crippen LogP) is 3.16. The van der Waals surface area contributed by atoms with Gasteiger partial charge in [0.2, 0.25) is 0 Å². The van der Waals surface area contributed by atoms with Crippen LogP contribution in [-0.4, -0.2) is 33.1 Å². The zero-order valence-electron chi connectivity index (χ0n) is 13.3. The van der Waals surface area contributed by atoms with Gasteiger partial charge in [0.05, 0.1) is 28.7 Å². The second-order valence-corrected chi connectivity index (χ2v) is 5.56. The number of halogens is 1. The van der Waals surface area contributed by atoms with Crippen molar-refractivity contribution in [1.82, 2.24) is 19.9 Å². The molecular weight excluding hydrogens is 321 g/mol. The molecule has 0 saturated heterocycles. The first kappa shape index (κ1) is 15.2. The Morgan fingerprint density at radius 3 is 2.92 bits per heavy atom. The Hall–Kier alpha value is -3.35. The number of nitrogens with zero attached hydrogens (tertiary/aromatic N) is 3.